The topological polar surface area (TPSA) is 58.2 Å². The Morgan fingerprint density at radius 1 is 1.15 bits per heavy atom. The smallest absolute Gasteiger partial charge is 0.321 e. The summed E-state index contributed by atoms with van der Waals surface area (Å²) < 4.78 is 0. The molecule has 1 unspecified atom stereocenters. The van der Waals surface area contributed by atoms with Gasteiger partial charge in [-0.15, -0.1) is 11.8 Å². The van der Waals surface area contributed by atoms with Crippen molar-refractivity contribution in [3.05, 3.63) is 35.9 Å². The van der Waals surface area contributed by atoms with Gasteiger partial charge in [-0.1, -0.05) is 44.2 Å². The number of nitrogens with one attached hydrogen (secondary N) is 2. The average Bonchev–Trinajstić information content (AvgIpc) is 2.43. The summed E-state index contributed by atoms with van der Waals surface area (Å²) in [6.45, 7) is 6.37. The molecule has 3 amide bonds. The summed E-state index contributed by atoms with van der Waals surface area (Å²) in [4.78, 5) is 23.3. The molecule has 0 aliphatic rings. The third-order valence-corrected chi connectivity index (χ3v) is 3.83. The number of hydrogen-bond acceptors (Lipinski definition) is 3. The summed E-state index contributed by atoms with van der Waals surface area (Å²) in [6.07, 6.45) is 0. The van der Waals surface area contributed by atoms with Crippen LogP contribution in [0.5, 0.6) is 0 Å². The lowest BCUT2D eigenvalue weighted by molar-refractivity contribution is -0.119. The number of amides is 3. The number of thioether (sulfide) groups is 1. The van der Waals surface area contributed by atoms with E-state index in [1.165, 1.54) is 17.3 Å². The van der Waals surface area contributed by atoms with Crippen molar-refractivity contribution in [2.45, 2.75) is 31.8 Å². The molecule has 2 N–H and O–H groups in total. The minimum absolute atomic E-state index is 0.257. The predicted octanol–water partition coefficient (Wildman–Crippen LogP) is 2.79. The van der Waals surface area contributed by atoms with E-state index in [2.05, 4.69) is 10.6 Å². The van der Waals surface area contributed by atoms with Crippen molar-refractivity contribution in [3.63, 3.8) is 0 Å². The van der Waals surface area contributed by atoms with Crippen LogP contribution in [0, 0.1) is 5.92 Å². The molecular weight excluding hydrogens is 272 g/mol. The second-order valence-corrected chi connectivity index (χ2v) is 6.36. The number of benzene rings is 1. The van der Waals surface area contributed by atoms with Crippen LogP contribution in [0.1, 0.15) is 26.3 Å². The second kappa shape index (κ2) is 8.64. The Bertz CT molecular complexity index is 435. The lowest BCUT2D eigenvalue weighted by Crippen LogP contribution is -2.43. The van der Waals surface area contributed by atoms with Gasteiger partial charge in [0, 0.05) is 12.3 Å². The van der Waals surface area contributed by atoms with E-state index in [1.54, 1.807) is 6.92 Å². The van der Waals surface area contributed by atoms with Gasteiger partial charge in [0.25, 0.3) is 0 Å². The molecule has 1 atom stereocenters. The van der Waals surface area contributed by atoms with Crippen molar-refractivity contribution in [1.82, 2.24) is 10.6 Å². The Hall–Kier alpha value is -1.49. The van der Waals surface area contributed by atoms with E-state index >= 15 is 0 Å². The molecule has 1 rings (SSSR count). The van der Waals surface area contributed by atoms with Crippen LogP contribution in [0.25, 0.3) is 0 Å². The second-order valence-electron chi connectivity index (χ2n) is 5.03. The fraction of sp³-hybridized carbons (Fsp3) is 0.467. The highest BCUT2D eigenvalue weighted by atomic mass is 32.2. The minimum atomic E-state index is -0.420. The van der Waals surface area contributed by atoms with Crippen LogP contribution in [0.3, 0.4) is 0 Å². The van der Waals surface area contributed by atoms with Crippen LogP contribution in [0.2, 0.25) is 0 Å². The molecule has 0 radical (unpaired) electrons. The van der Waals surface area contributed by atoms with E-state index in [1.807, 2.05) is 44.2 Å². The zero-order valence-corrected chi connectivity index (χ0v) is 13.0. The van der Waals surface area contributed by atoms with Crippen LogP contribution in [0.4, 0.5) is 4.79 Å². The quantitative estimate of drug-likeness (QED) is 0.848. The molecule has 0 aliphatic carbocycles. The van der Waals surface area contributed by atoms with E-state index in [9.17, 15) is 9.59 Å². The van der Waals surface area contributed by atoms with Gasteiger partial charge in [0.05, 0.1) is 5.25 Å². The number of hydrogen-bond donors (Lipinski definition) is 2. The van der Waals surface area contributed by atoms with Crippen molar-refractivity contribution in [2.24, 2.45) is 5.92 Å². The Balaban J connectivity index is 2.30. The molecule has 0 saturated carbocycles. The van der Waals surface area contributed by atoms with E-state index in [0.717, 1.165) is 5.75 Å². The Morgan fingerprint density at radius 2 is 1.80 bits per heavy atom. The summed E-state index contributed by atoms with van der Waals surface area (Å²) in [7, 11) is 0. The maximum Gasteiger partial charge on any atom is 0.321 e. The highest BCUT2D eigenvalue weighted by molar-refractivity contribution is 7.99. The number of rotatable bonds is 6. The molecule has 0 spiro atoms. The van der Waals surface area contributed by atoms with Gasteiger partial charge in [-0.05, 0) is 18.4 Å². The van der Waals surface area contributed by atoms with Crippen LogP contribution in [0.15, 0.2) is 30.3 Å². The van der Waals surface area contributed by atoms with Crippen molar-refractivity contribution in [1.29, 1.82) is 0 Å². The maximum atomic E-state index is 11.8. The molecule has 5 heteroatoms. The third-order valence-electron chi connectivity index (χ3n) is 2.62. The van der Waals surface area contributed by atoms with Gasteiger partial charge in [0.15, 0.2) is 0 Å². The first-order valence-corrected chi connectivity index (χ1v) is 7.78. The van der Waals surface area contributed by atoms with Gasteiger partial charge in [-0.2, -0.15) is 0 Å². The van der Waals surface area contributed by atoms with Crippen LogP contribution in [-0.4, -0.2) is 23.7 Å². The van der Waals surface area contributed by atoms with Crippen LogP contribution >= 0.6 is 11.8 Å². The van der Waals surface area contributed by atoms with Gasteiger partial charge in [-0.3, -0.25) is 10.1 Å². The molecule has 0 bridgehead atoms. The number of carbonyl (C=O) groups is 2. The van der Waals surface area contributed by atoms with Gasteiger partial charge < -0.3 is 5.32 Å². The SMILES string of the molecule is CC(C)CNC(=O)NC(=O)C(C)SCc1ccccc1. The summed E-state index contributed by atoms with van der Waals surface area (Å²) in [5, 5.41) is 4.76. The number of carbonyl (C=O) groups excluding carboxylic acids is 2. The molecule has 1 aromatic rings. The minimum Gasteiger partial charge on any atom is -0.338 e. The van der Waals surface area contributed by atoms with Crippen molar-refractivity contribution < 1.29 is 9.59 Å². The largest absolute Gasteiger partial charge is 0.338 e. The molecule has 4 nitrogen and oxygen atoms in total. The lowest BCUT2D eigenvalue weighted by atomic mass is 10.2. The molecular formula is C15H22N2O2S. The fourth-order valence-corrected chi connectivity index (χ4v) is 2.27. The Labute approximate surface area is 124 Å². The third kappa shape index (κ3) is 6.61. The van der Waals surface area contributed by atoms with Crippen molar-refractivity contribution in [3.8, 4) is 0 Å². The predicted molar refractivity (Wildman–Crippen MR) is 83.6 cm³/mol. The van der Waals surface area contributed by atoms with Crippen molar-refractivity contribution in [2.75, 3.05) is 6.54 Å². The monoisotopic (exact) mass is 294 g/mol. The lowest BCUT2D eigenvalue weighted by Gasteiger charge is -2.12. The zero-order valence-electron chi connectivity index (χ0n) is 12.2. The maximum absolute atomic E-state index is 11.8. The molecule has 110 valence electrons. The normalized spacial score (nSPS) is 12.0. The summed E-state index contributed by atoms with van der Waals surface area (Å²) in [5.41, 5.74) is 1.17. The molecule has 0 fully saturated rings. The van der Waals surface area contributed by atoms with Crippen LogP contribution < -0.4 is 10.6 Å². The molecule has 20 heavy (non-hydrogen) atoms. The first-order valence-electron chi connectivity index (χ1n) is 6.73. The van der Waals surface area contributed by atoms with E-state index in [-0.39, 0.29) is 11.2 Å². The van der Waals surface area contributed by atoms with Gasteiger partial charge in [0.1, 0.15) is 0 Å². The summed E-state index contributed by atoms with van der Waals surface area (Å²) in [5.74, 6) is 0.858. The first-order chi connectivity index (χ1) is 9.49. The van der Waals surface area contributed by atoms with E-state index in [4.69, 9.17) is 0 Å². The molecule has 0 aliphatic heterocycles. The Kier molecular flexibility index (Phi) is 7.15. The summed E-state index contributed by atoms with van der Waals surface area (Å²) in [6, 6.07) is 9.53. The molecule has 1 aromatic carbocycles. The highest BCUT2D eigenvalue weighted by Crippen LogP contribution is 2.17. The zero-order chi connectivity index (χ0) is 15.0. The number of imide groups is 1. The summed E-state index contributed by atoms with van der Waals surface area (Å²) >= 11 is 1.51. The van der Waals surface area contributed by atoms with E-state index in [0.29, 0.717) is 12.5 Å². The fourth-order valence-electron chi connectivity index (χ4n) is 1.43. The van der Waals surface area contributed by atoms with Crippen LogP contribution in [-0.2, 0) is 10.5 Å². The standard InChI is InChI=1S/C15H22N2O2S/c1-11(2)9-16-15(19)17-14(18)12(3)20-10-13-7-5-4-6-8-13/h4-8,11-12H,9-10H2,1-3H3,(H2,16,17,18,19). The Morgan fingerprint density at radius 3 is 2.40 bits per heavy atom. The number of urea groups is 1. The van der Waals surface area contributed by atoms with Gasteiger partial charge in [-0.25, -0.2) is 4.79 Å². The van der Waals surface area contributed by atoms with Crippen molar-refractivity contribution >= 4 is 23.7 Å². The van der Waals surface area contributed by atoms with Gasteiger partial charge >= 0.3 is 6.03 Å². The average molecular weight is 294 g/mol. The van der Waals surface area contributed by atoms with Gasteiger partial charge in [0.2, 0.25) is 5.91 Å². The highest BCUT2D eigenvalue weighted by Gasteiger charge is 2.16. The molecule has 0 heterocycles. The first kappa shape index (κ1) is 16.6. The molecule has 0 saturated heterocycles. The molecule has 0 aromatic heterocycles. The van der Waals surface area contributed by atoms with E-state index < -0.39 is 6.03 Å².